The minimum atomic E-state index is -0.122. The van der Waals surface area contributed by atoms with E-state index in [0.29, 0.717) is 19.5 Å². The molecule has 7 nitrogen and oxygen atoms in total. The largest absolute Gasteiger partial charge is 0.336 e. The number of para-hydroxylation sites is 1. The molecule has 150 valence electrons. The molecule has 1 saturated heterocycles. The van der Waals surface area contributed by atoms with Crippen LogP contribution in [-0.2, 0) is 23.1 Å². The number of aromatic nitrogens is 2. The minimum absolute atomic E-state index is 0. The Morgan fingerprint density at radius 1 is 1.29 bits per heavy atom. The van der Waals surface area contributed by atoms with Gasteiger partial charge in [0.1, 0.15) is 18.4 Å². The SMILES string of the molecule is Cl.Cn1ccnc1C1CNCCN1C(=O)CN1C(=O)CCCc2ccccc21. The normalized spacial score (nSPS) is 19.6. The van der Waals surface area contributed by atoms with Crippen molar-refractivity contribution in [3.63, 3.8) is 0 Å². The molecule has 3 heterocycles. The molecule has 0 aliphatic carbocycles. The lowest BCUT2D eigenvalue weighted by Crippen LogP contribution is -2.52. The number of halogens is 1. The first-order chi connectivity index (χ1) is 13.1. The number of hydrogen-bond donors (Lipinski definition) is 1. The number of aryl methyl sites for hydroxylation is 2. The van der Waals surface area contributed by atoms with Gasteiger partial charge in [0.25, 0.3) is 0 Å². The summed E-state index contributed by atoms with van der Waals surface area (Å²) in [5.74, 6) is 0.852. The first-order valence-electron chi connectivity index (χ1n) is 9.51. The van der Waals surface area contributed by atoms with Gasteiger partial charge in [0.15, 0.2) is 0 Å². The molecule has 0 radical (unpaired) electrons. The van der Waals surface area contributed by atoms with Crippen molar-refractivity contribution >= 4 is 29.9 Å². The zero-order valence-electron chi connectivity index (χ0n) is 16.0. The summed E-state index contributed by atoms with van der Waals surface area (Å²) in [6.45, 7) is 2.11. The van der Waals surface area contributed by atoms with E-state index in [1.54, 1.807) is 11.1 Å². The molecule has 1 fully saturated rings. The Balaban J connectivity index is 0.00000225. The number of nitrogens with zero attached hydrogens (tertiary/aromatic N) is 4. The molecule has 2 aliphatic heterocycles. The van der Waals surface area contributed by atoms with Gasteiger partial charge in [-0.3, -0.25) is 9.59 Å². The second kappa shape index (κ2) is 8.75. The molecule has 28 heavy (non-hydrogen) atoms. The summed E-state index contributed by atoms with van der Waals surface area (Å²) in [5.41, 5.74) is 2.01. The molecule has 2 aromatic rings. The van der Waals surface area contributed by atoms with Crippen LogP contribution in [0.2, 0.25) is 0 Å². The number of piperazine rings is 1. The van der Waals surface area contributed by atoms with Crippen LogP contribution in [0.3, 0.4) is 0 Å². The van der Waals surface area contributed by atoms with Gasteiger partial charge in [-0.15, -0.1) is 12.4 Å². The average Bonchev–Trinajstić information content (AvgIpc) is 3.05. The van der Waals surface area contributed by atoms with Gasteiger partial charge in [-0.2, -0.15) is 0 Å². The lowest BCUT2D eigenvalue weighted by molar-refractivity contribution is -0.134. The molecule has 0 spiro atoms. The standard InChI is InChI=1S/C20H25N5O2.ClH/c1-23-11-10-22-20(23)17-13-21-9-12-24(17)19(27)14-25-16-7-3-2-5-15(16)6-4-8-18(25)26;/h2-3,5,7,10-11,17,21H,4,6,8-9,12-14H2,1H3;1H. The molecule has 0 bridgehead atoms. The van der Waals surface area contributed by atoms with Crippen molar-refractivity contribution < 1.29 is 9.59 Å². The lowest BCUT2D eigenvalue weighted by atomic mass is 10.1. The van der Waals surface area contributed by atoms with E-state index in [0.717, 1.165) is 36.5 Å². The highest BCUT2D eigenvalue weighted by Crippen LogP contribution is 2.28. The third kappa shape index (κ3) is 3.91. The Labute approximate surface area is 171 Å². The zero-order valence-corrected chi connectivity index (χ0v) is 16.8. The average molecular weight is 404 g/mol. The number of imidazole rings is 1. The molecule has 2 aliphatic rings. The molecule has 0 saturated carbocycles. The number of fused-ring (bicyclic) bond motifs is 1. The van der Waals surface area contributed by atoms with Crippen molar-refractivity contribution in [3.8, 4) is 0 Å². The van der Waals surface area contributed by atoms with Crippen molar-refractivity contribution in [1.29, 1.82) is 0 Å². The maximum Gasteiger partial charge on any atom is 0.243 e. The van der Waals surface area contributed by atoms with Gasteiger partial charge in [-0.1, -0.05) is 18.2 Å². The summed E-state index contributed by atoms with van der Waals surface area (Å²) in [7, 11) is 1.94. The summed E-state index contributed by atoms with van der Waals surface area (Å²) in [4.78, 5) is 33.9. The highest BCUT2D eigenvalue weighted by atomic mass is 35.5. The highest BCUT2D eigenvalue weighted by Gasteiger charge is 2.33. The van der Waals surface area contributed by atoms with E-state index in [-0.39, 0.29) is 36.8 Å². The van der Waals surface area contributed by atoms with Crippen LogP contribution in [0.4, 0.5) is 5.69 Å². The molecule has 1 unspecified atom stereocenters. The van der Waals surface area contributed by atoms with Crippen molar-refractivity contribution in [1.82, 2.24) is 19.8 Å². The van der Waals surface area contributed by atoms with Crippen molar-refractivity contribution in [2.45, 2.75) is 25.3 Å². The number of amides is 2. The Bertz CT molecular complexity index is 853. The number of rotatable bonds is 3. The van der Waals surface area contributed by atoms with Crippen LogP contribution in [0.15, 0.2) is 36.7 Å². The topological polar surface area (TPSA) is 70.5 Å². The van der Waals surface area contributed by atoms with Crippen LogP contribution in [0.25, 0.3) is 0 Å². The number of hydrogen-bond acceptors (Lipinski definition) is 4. The second-order valence-corrected chi connectivity index (χ2v) is 7.17. The van der Waals surface area contributed by atoms with Crippen LogP contribution in [0.1, 0.15) is 30.3 Å². The fourth-order valence-corrected chi connectivity index (χ4v) is 4.02. The van der Waals surface area contributed by atoms with Crippen molar-refractivity contribution in [2.24, 2.45) is 7.05 Å². The summed E-state index contributed by atoms with van der Waals surface area (Å²) < 4.78 is 1.95. The molecule has 4 rings (SSSR count). The fraction of sp³-hybridized carbons (Fsp3) is 0.450. The monoisotopic (exact) mass is 403 g/mol. The van der Waals surface area contributed by atoms with E-state index in [9.17, 15) is 9.59 Å². The third-order valence-corrected chi connectivity index (χ3v) is 5.43. The van der Waals surface area contributed by atoms with Crippen LogP contribution in [-0.4, -0.2) is 52.4 Å². The van der Waals surface area contributed by atoms with Crippen LogP contribution in [0, 0.1) is 0 Å². The van der Waals surface area contributed by atoms with Gasteiger partial charge < -0.3 is 19.7 Å². The molecule has 1 atom stereocenters. The third-order valence-electron chi connectivity index (χ3n) is 5.43. The summed E-state index contributed by atoms with van der Waals surface area (Å²) in [6, 6.07) is 7.79. The predicted molar refractivity (Wildman–Crippen MR) is 110 cm³/mol. The van der Waals surface area contributed by atoms with E-state index in [2.05, 4.69) is 10.3 Å². The quantitative estimate of drug-likeness (QED) is 0.846. The highest BCUT2D eigenvalue weighted by molar-refractivity contribution is 6.00. The van der Waals surface area contributed by atoms with E-state index in [1.807, 2.05) is 47.0 Å². The van der Waals surface area contributed by atoms with E-state index in [4.69, 9.17) is 0 Å². The predicted octanol–water partition coefficient (Wildman–Crippen LogP) is 1.68. The number of benzene rings is 1. The maximum absolute atomic E-state index is 13.2. The number of carbonyl (C=O) groups excluding carboxylic acids is 2. The van der Waals surface area contributed by atoms with Crippen molar-refractivity contribution in [3.05, 3.63) is 48.0 Å². The second-order valence-electron chi connectivity index (χ2n) is 7.17. The van der Waals surface area contributed by atoms with Crippen LogP contribution < -0.4 is 10.2 Å². The molecule has 1 N–H and O–H groups in total. The van der Waals surface area contributed by atoms with Crippen molar-refractivity contribution in [2.75, 3.05) is 31.1 Å². The van der Waals surface area contributed by atoms with Gasteiger partial charge in [-0.25, -0.2) is 4.98 Å². The molecule has 8 heteroatoms. The molecule has 2 amide bonds. The number of anilines is 1. The first-order valence-corrected chi connectivity index (χ1v) is 9.51. The molecular formula is C20H26ClN5O2. The lowest BCUT2D eigenvalue weighted by Gasteiger charge is -2.37. The van der Waals surface area contributed by atoms with Gasteiger partial charge in [0, 0.05) is 51.2 Å². The Morgan fingerprint density at radius 3 is 2.89 bits per heavy atom. The summed E-state index contributed by atoms with van der Waals surface area (Å²) in [6.07, 6.45) is 5.81. The summed E-state index contributed by atoms with van der Waals surface area (Å²) in [5, 5.41) is 3.35. The molecular weight excluding hydrogens is 378 g/mol. The molecule has 1 aromatic carbocycles. The Kier molecular flexibility index (Phi) is 6.36. The van der Waals surface area contributed by atoms with Crippen LogP contribution in [0.5, 0.6) is 0 Å². The Hall–Kier alpha value is -2.38. The van der Waals surface area contributed by atoms with Gasteiger partial charge in [0.2, 0.25) is 11.8 Å². The fourth-order valence-electron chi connectivity index (χ4n) is 4.02. The smallest absolute Gasteiger partial charge is 0.243 e. The van der Waals surface area contributed by atoms with Gasteiger partial charge >= 0.3 is 0 Å². The first kappa shape index (κ1) is 20.4. The van der Waals surface area contributed by atoms with Gasteiger partial charge in [-0.05, 0) is 24.5 Å². The number of carbonyl (C=O) groups is 2. The number of nitrogens with one attached hydrogen (secondary N) is 1. The zero-order chi connectivity index (χ0) is 18.8. The van der Waals surface area contributed by atoms with E-state index >= 15 is 0 Å². The van der Waals surface area contributed by atoms with E-state index in [1.165, 1.54) is 0 Å². The van der Waals surface area contributed by atoms with Crippen LogP contribution >= 0.6 is 12.4 Å². The Morgan fingerprint density at radius 2 is 2.11 bits per heavy atom. The minimum Gasteiger partial charge on any atom is -0.336 e. The maximum atomic E-state index is 13.2. The van der Waals surface area contributed by atoms with Gasteiger partial charge in [0.05, 0.1) is 0 Å². The molecule has 1 aromatic heterocycles. The van der Waals surface area contributed by atoms with E-state index < -0.39 is 0 Å². The summed E-state index contributed by atoms with van der Waals surface area (Å²) >= 11 is 0.